The number of anilines is 1. The lowest BCUT2D eigenvalue weighted by Gasteiger charge is -2.40. The summed E-state index contributed by atoms with van der Waals surface area (Å²) in [6, 6.07) is 13.4. The van der Waals surface area contributed by atoms with Crippen molar-refractivity contribution in [1.82, 2.24) is 10.2 Å². The van der Waals surface area contributed by atoms with Crippen LogP contribution in [0.5, 0.6) is 0 Å². The van der Waals surface area contributed by atoms with Gasteiger partial charge in [0.05, 0.1) is 37.1 Å². The first-order chi connectivity index (χ1) is 23.1. The molecule has 256 valence electrons. The van der Waals surface area contributed by atoms with Crippen molar-refractivity contribution in [2.24, 2.45) is 11.8 Å². The van der Waals surface area contributed by atoms with Gasteiger partial charge in [-0.2, -0.15) is 0 Å². The van der Waals surface area contributed by atoms with E-state index in [0.717, 1.165) is 22.4 Å². The Hall–Kier alpha value is -4.28. The maximum Gasteiger partial charge on any atom is 0.312 e. The van der Waals surface area contributed by atoms with E-state index in [1.54, 1.807) is 24.0 Å². The van der Waals surface area contributed by atoms with Crippen LogP contribution in [0.3, 0.4) is 0 Å². The van der Waals surface area contributed by atoms with Gasteiger partial charge in [0.1, 0.15) is 17.7 Å². The van der Waals surface area contributed by atoms with Crippen LogP contribution in [0, 0.1) is 25.7 Å². The van der Waals surface area contributed by atoms with Gasteiger partial charge in [-0.15, -0.1) is 13.2 Å². The van der Waals surface area contributed by atoms with Crippen LogP contribution in [0.2, 0.25) is 0 Å². The van der Waals surface area contributed by atoms with Crippen molar-refractivity contribution in [2.45, 2.75) is 82.8 Å². The van der Waals surface area contributed by atoms with Gasteiger partial charge in [0.2, 0.25) is 11.8 Å². The van der Waals surface area contributed by atoms with Crippen molar-refractivity contribution in [3.8, 4) is 0 Å². The number of aryl methyl sites for hydroxylation is 2. The third-order valence-electron chi connectivity index (χ3n) is 9.93. The highest BCUT2D eigenvalue weighted by Gasteiger charge is 2.75. The van der Waals surface area contributed by atoms with Crippen LogP contribution in [0.4, 0.5) is 5.69 Å². The molecule has 48 heavy (non-hydrogen) atoms. The minimum absolute atomic E-state index is 0.118. The van der Waals surface area contributed by atoms with Crippen LogP contribution >= 0.6 is 0 Å². The number of aliphatic hydroxyl groups excluding tert-OH is 1. The molecule has 0 unspecified atom stereocenters. The van der Waals surface area contributed by atoms with Crippen molar-refractivity contribution in [3.05, 3.63) is 90.5 Å². The molecule has 5 rings (SSSR count). The molecule has 0 saturated carbocycles. The molecule has 2 aromatic rings. The number of likely N-dealkylation sites (tertiary alicyclic amines) is 1. The molecule has 3 aliphatic rings. The van der Waals surface area contributed by atoms with Gasteiger partial charge in [-0.25, -0.2) is 0 Å². The summed E-state index contributed by atoms with van der Waals surface area (Å²) in [7, 11) is 0. The number of hydrogen-bond acceptors (Lipinski definition) is 7. The molecule has 0 aliphatic carbocycles. The van der Waals surface area contributed by atoms with Crippen molar-refractivity contribution in [2.75, 3.05) is 24.6 Å². The van der Waals surface area contributed by atoms with Crippen LogP contribution in [0.1, 0.15) is 49.3 Å². The van der Waals surface area contributed by atoms with Crippen LogP contribution in [0.15, 0.2) is 73.8 Å². The normalized spacial score (nSPS) is 25.2. The Balaban J connectivity index is 1.51. The molecule has 0 radical (unpaired) electrons. The Kier molecular flexibility index (Phi) is 10.9. The van der Waals surface area contributed by atoms with Gasteiger partial charge in [-0.05, 0) is 63.1 Å². The van der Waals surface area contributed by atoms with Gasteiger partial charge in [0.15, 0.2) is 0 Å². The molecule has 2 bridgehead atoms. The van der Waals surface area contributed by atoms with E-state index >= 15 is 4.79 Å². The van der Waals surface area contributed by atoms with Gasteiger partial charge in [-0.1, -0.05) is 60.7 Å². The molecular weight excluding hydrogens is 610 g/mol. The molecule has 10 heteroatoms. The highest BCUT2D eigenvalue weighted by atomic mass is 16.6. The number of fused-ring (bicyclic) bond motifs is 1. The summed E-state index contributed by atoms with van der Waals surface area (Å²) in [5.74, 6) is -3.43. The van der Waals surface area contributed by atoms with Gasteiger partial charge in [-0.3, -0.25) is 19.2 Å². The van der Waals surface area contributed by atoms with E-state index in [1.807, 2.05) is 62.4 Å². The summed E-state index contributed by atoms with van der Waals surface area (Å²) in [6.45, 7) is 13.0. The second kappa shape index (κ2) is 14.9. The molecule has 7 atom stereocenters. The molecule has 2 aromatic carbocycles. The quantitative estimate of drug-likeness (QED) is 0.221. The number of rotatable bonds is 15. The van der Waals surface area contributed by atoms with Crippen LogP contribution in [-0.4, -0.2) is 83.3 Å². The number of aliphatic hydroxyl groups is 1. The standard InChI is InChI=1S/C38H47N3O7/c1-6-8-17-30(43)39-22-26(5)47-37(46)31-29-18-19-38(48-29)32(31)35(44)41(28(23-42)21-27-15-10-9-11-16-27)34(38)36(45)40(20-7-2)33-24(3)13-12-14-25(33)4/h6-7,9-16,26,28-29,31-32,34,42H,1-2,8,17-23H2,3-5H3,(H,39,43)/t26-,28+,29-,31+,32+,34-,38+/m0/s1. The smallest absolute Gasteiger partial charge is 0.312 e. The Morgan fingerprint density at radius 1 is 1.12 bits per heavy atom. The number of amides is 3. The first kappa shape index (κ1) is 35.0. The zero-order valence-corrected chi connectivity index (χ0v) is 28.1. The number of para-hydroxylation sites is 1. The topological polar surface area (TPSA) is 125 Å². The fourth-order valence-electron chi connectivity index (χ4n) is 7.87. The predicted molar refractivity (Wildman–Crippen MR) is 182 cm³/mol. The highest BCUT2D eigenvalue weighted by molar-refractivity contribution is 6.05. The number of carbonyl (C=O) groups excluding carboxylic acids is 4. The van der Waals surface area contributed by atoms with Crippen molar-refractivity contribution < 1.29 is 33.8 Å². The SMILES string of the molecule is C=CCCC(=O)NC[C@H](C)OC(=O)[C@@H]1[C@@H]2CC[C@]3(O2)[C@H](C(=O)N(CC=C)c2c(C)cccc2C)N([C@@H](CO)Cc2ccccc2)C(=O)[C@@H]13. The second-order valence-electron chi connectivity index (χ2n) is 13.2. The van der Waals surface area contributed by atoms with Crippen LogP contribution < -0.4 is 10.2 Å². The molecule has 1 spiro atoms. The summed E-state index contributed by atoms with van der Waals surface area (Å²) in [5.41, 5.74) is 2.12. The number of nitrogens with zero attached hydrogens (tertiary/aromatic N) is 2. The first-order valence-electron chi connectivity index (χ1n) is 16.8. The Morgan fingerprint density at radius 2 is 1.83 bits per heavy atom. The Bertz CT molecular complexity index is 1520. The van der Waals surface area contributed by atoms with Crippen molar-refractivity contribution >= 4 is 29.4 Å². The third kappa shape index (κ3) is 6.56. The number of nitrogens with one attached hydrogen (secondary N) is 1. The molecule has 3 amide bonds. The number of esters is 1. The third-order valence-corrected chi connectivity index (χ3v) is 9.93. The van der Waals surface area contributed by atoms with Crippen molar-refractivity contribution in [3.63, 3.8) is 0 Å². The van der Waals surface area contributed by atoms with Gasteiger partial charge in [0, 0.05) is 18.7 Å². The largest absolute Gasteiger partial charge is 0.460 e. The summed E-state index contributed by atoms with van der Waals surface area (Å²) < 4.78 is 12.5. The van der Waals surface area contributed by atoms with E-state index in [0.29, 0.717) is 25.7 Å². The molecule has 3 aliphatic heterocycles. The van der Waals surface area contributed by atoms with E-state index in [-0.39, 0.29) is 37.9 Å². The van der Waals surface area contributed by atoms with Crippen LogP contribution in [-0.2, 0) is 35.1 Å². The molecule has 0 aromatic heterocycles. The lowest BCUT2D eigenvalue weighted by molar-refractivity contribution is -0.159. The molecule has 3 saturated heterocycles. The number of benzene rings is 2. The second-order valence-corrected chi connectivity index (χ2v) is 13.2. The predicted octanol–water partition coefficient (Wildman–Crippen LogP) is 3.81. The van der Waals surface area contributed by atoms with Crippen LogP contribution in [0.25, 0.3) is 0 Å². The number of carbonyl (C=O) groups is 4. The molecule has 2 N–H and O–H groups in total. The molecule has 3 heterocycles. The van der Waals surface area contributed by atoms with Gasteiger partial charge >= 0.3 is 5.97 Å². The number of hydrogen-bond donors (Lipinski definition) is 2. The number of allylic oxidation sites excluding steroid dienone is 1. The Morgan fingerprint density at radius 3 is 2.48 bits per heavy atom. The number of ether oxygens (including phenoxy) is 2. The van der Waals surface area contributed by atoms with E-state index < -0.39 is 53.6 Å². The van der Waals surface area contributed by atoms with Crippen molar-refractivity contribution in [1.29, 1.82) is 0 Å². The van der Waals surface area contributed by atoms with Gasteiger partial charge in [0.25, 0.3) is 5.91 Å². The lowest BCUT2D eigenvalue weighted by atomic mass is 9.70. The van der Waals surface area contributed by atoms with E-state index in [9.17, 15) is 19.5 Å². The summed E-state index contributed by atoms with van der Waals surface area (Å²) >= 11 is 0. The fourth-order valence-corrected chi connectivity index (χ4v) is 7.87. The highest BCUT2D eigenvalue weighted by Crippen LogP contribution is 2.59. The van der Waals surface area contributed by atoms with E-state index in [2.05, 4.69) is 18.5 Å². The summed E-state index contributed by atoms with van der Waals surface area (Å²) in [6.07, 6.45) is 4.06. The zero-order valence-electron chi connectivity index (χ0n) is 28.1. The van der Waals surface area contributed by atoms with Gasteiger partial charge < -0.3 is 29.7 Å². The summed E-state index contributed by atoms with van der Waals surface area (Å²) in [4.78, 5) is 58.9. The minimum atomic E-state index is -1.29. The maximum absolute atomic E-state index is 15.0. The lowest BCUT2D eigenvalue weighted by Crippen LogP contribution is -2.59. The summed E-state index contributed by atoms with van der Waals surface area (Å²) in [5, 5.41) is 13.6. The zero-order chi connectivity index (χ0) is 34.6. The first-order valence-corrected chi connectivity index (χ1v) is 16.8. The minimum Gasteiger partial charge on any atom is -0.460 e. The van der Waals surface area contributed by atoms with E-state index in [4.69, 9.17) is 9.47 Å². The fraction of sp³-hybridized carbons (Fsp3) is 0.474. The average Bonchev–Trinajstić information content (AvgIpc) is 3.72. The van der Waals surface area contributed by atoms with E-state index in [1.165, 1.54) is 4.90 Å². The Labute approximate surface area is 282 Å². The molecular formula is C38H47N3O7. The molecule has 10 nitrogen and oxygen atoms in total. The maximum atomic E-state index is 15.0. The molecule has 3 fully saturated rings. The monoisotopic (exact) mass is 657 g/mol. The average molecular weight is 658 g/mol.